The molecule has 2 unspecified atom stereocenters. The molecule has 0 N–H and O–H groups in total. The Kier molecular flexibility index (Phi) is 6.44. The molecule has 1 amide bonds. The van der Waals surface area contributed by atoms with Crippen molar-refractivity contribution < 1.29 is 19.1 Å². The molecule has 1 fully saturated rings. The van der Waals surface area contributed by atoms with Gasteiger partial charge in [0.1, 0.15) is 5.69 Å². The minimum absolute atomic E-state index is 0.113. The third kappa shape index (κ3) is 4.30. The van der Waals surface area contributed by atoms with Gasteiger partial charge in [0.2, 0.25) is 0 Å². The van der Waals surface area contributed by atoms with Crippen LogP contribution in [0.3, 0.4) is 0 Å². The Hall–Kier alpha value is -3.99. The number of carbonyl (C=O) groups excluding carboxylic acids is 2. The molecule has 0 spiro atoms. The number of benzene rings is 1. The van der Waals surface area contributed by atoms with Gasteiger partial charge in [-0.2, -0.15) is 5.10 Å². The molecule has 4 rings (SSSR count). The Morgan fingerprint density at radius 2 is 2.00 bits per heavy atom. The van der Waals surface area contributed by atoms with Gasteiger partial charge in [0.05, 0.1) is 18.0 Å². The van der Waals surface area contributed by atoms with Crippen molar-refractivity contribution in [2.75, 3.05) is 6.61 Å². The molecule has 1 saturated heterocycles. The number of aryl methyl sites for hydroxylation is 2. The lowest BCUT2D eigenvalue weighted by Gasteiger charge is -2.30. The van der Waals surface area contributed by atoms with Crippen molar-refractivity contribution in [3.05, 3.63) is 70.0 Å². The van der Waals surface area contributed by atoms with Gasteiger partial charge in [0.25, 0.3) is 11.1 Å². The molecule has 180 valence electrons. The molecule has 1 aliphatic rings. The summed E-state index contributed by atoms with van der Waals surface area (Å²) >= 11 is 5.40. The van der Waals surface area contributed by atoms with Gasteiger partial charge in [-0.3, -0.25) is 9.69 Å². The maximum Gasteiger partial charge on any atom is 0.333 e. The number of nitrogens with zero attached hydrogens (tertiary/aromatic N) is 5. The average Bonchev–Trinajstić information content (AvgIpc) is 3.34. The zero-order valence-electron chi connectivity index (χ0n) is 19.6. The summed E-state index contributed by atoms with van der Waals surface area (Å²) < 4.78 is 13.0. The number of nitroso groups, excluding NO2 is 1. The molecule has 35 heavy (non-hydrogen) atoms. The van der Waals surface area contributed by atoms with Crippen LogP contribution in [0.25, 0.3) is 11.7 Å². The summed E-state index contributed by atoms with van der Waals surface area (Å²) in [6.45, 7) is 7.15. The van der Waals surface area contributed by atoms with Crippen LogP contribution >= 0.6 is 12.2 Å². The van der Waals surface area contributed by atoms with Crippen molar-refractivity contribution in [3.63, 3.8) is 0 Å². The third-order valence-corrected chi connectivity index (χ3v) is 6.10. The largest absolute Gasteiger partial charge is 0.464 e. The van der Waals surface area contributed by atoms with Crippen molar-refractivity contribution in [1.82, 2.24) is 19.5 Å². The van der Waals surface area contributed by atoms with E-state index in [1.807, 2.05) is 19.9 Å². The van der Waals surface area contributed by atoms with Crippen LogP contribution in [-0.4, -0.2) is 49.2 Å². The maximum absolute atomic E-state index is 13.3. The molecular weight excluding hydrogens is 470 g/mol. The fraction of sp³-hybridized carbons (Fsp3) is 0.292. The van der Waals surface area contributed by atoms with Gasteiger partial charge >= 0.3 is 5.97 Å². The Labute approximate surface area is 206 Å². The molecule has 0 radical (unpaired) electrons. The van der Waals surface area contributed by atoms with Crippen molar-refractivity contribution in [2.24, 2.45) is 5.18 Å². The smallest absolute Gasteiger partial charge is 0.333 e. The molecule has 0 saturated carbocycles. The average molecular weight is 494 g/mol. The lowest BCUT2D eigenvalue weighted by atomic mass is 9.87. The first kappa shape index (κ1) is 24.1. The van der Waals surface area contributed by atoms with Gasteiger partial charge in [-0.15, -0.1) is 4.91 Å². The second kappa shape index (κ2) is 9.34. The van der Waals surface area contributed by atoms with Gasteiger partial charge in [-0.05, 0) is 68.9 Å². The van der Waals surface area contributed by atoms with E-state index in [9.17, 15) is 14.5 Å². The lowest BCUT2D eigenvalue weighted by molar-refractivity contribution is -0.154. The van der Waals surface area contributed by atoms with E-state index >= 15 is 0 Å². The number of amides is 1. The normalized spacial score (nSPS) is 19.8. The van der Waals surface area contributed by atoms with Gasteiger partial charge in [0, 0.05) is 23.9 Å². The quantitative estimate of drug-likeness (QED) is 0.221. The zero-order chi connectivity index (χ0) is 25.3. The monoisotopic (exact) mass is 493 g/mol. The molecule has 2 aromatic heterocycles. The summed E-state index contributed by atoms with van der Waals surface area (Å²) in [5, 5.41) is 7.16. The predicted octanol–water partition coefficient (Wildman–Crippen LogP) is 3.75. The summed E-state index contributed by atoms with van der Waals surface area (Å²) in [6.07, 6.45) is 4.43. The minimum atomic E-state index is -1.37. The first-order valence-electron chi connectivity index (χ1n) is 10.9. The number of hydrogen-bond acceptors (Lipinski definition) is 9. The first-order valence-corrected chi connectivity index (χ1v) is 11.3. The number of fused-ring (bicyclic) bond motifs is 1. The summed E-state index contributed by atoms with van der Waals surface area (Å²) in [6, 6.07) is 6.99. The maximum atomic E-state index is 13.3. The van der Waals surface area contributed by atoms with Gasteiger partial charge in [-0.25, -0.2) is 14.3 Å². The molecule has 11 heteroatoms. The van der Waals surface area contributed by atoms with Crippen LogP contribution in [0.5, 0.6) is 0 Å². The summed E-state index contributed by atoms with van der Waals surface area (Å²) in [5.74, 6) is -1.22. The Balaban J connectivity index is 1.74. The number of rotatable bonds is 6. The topological polar surface area (TPSA) is 115 Å². The van der Waals surface area contributed by atoms with E-state index in [4.69, 9.17) is 21.7 Å². The van der Waals surface area contributed by atoms with Crippen molar-refractivity contribution in [1.29, 1.82) is 0 Å². The zero-order valence-corrected chi connectivity index (χ0v) is 20.4. The highest BCUT2D eigenvalue weighted by Crippen LogP contribution is 2.41. The Bertz CT molecular complexity index is 1370. The Morgan fingerprint density at radius 1 is 1.29 bits per heavy atom. The SMILES string of the molecule is CCOC(=O)C1N(C(=O)/C=C/c2ccc(N=O)cc2)C(=S)OC1(C)c1cnc2cc(C)nn2c1C. The highest BCUT2D eigenvalue weighted by molar-refractivity contribution is 7.80. The summed E-state index contributed by atoms with van der Waals surface area (Å²) in [7, 11) is 0. The van der Waals surface area contributed by atoms with Gasteiger partial charge in [0.15, 0.2) is 17.3 Å². The van der Waals surface area contributed by atoms with Crippen LogP contribution in [0.4, 0.5) is 5.69 Å². The number of hydrogen-bond donors (Lipinski definition) is 0. The second-order valence-corrected chi connectivity index (χ2v) is 8.52. The van der Waals surface area contributed by atoms with Crippen molar-refractivity contribution in [2.45, 2.75) is 39.3 Å². The fourth-order valence-electron chi connectivity index (χ4n) is 4.15. The van der Waals surface area contributed by atoms with Crippen molar-refractivity contribution >= 4 is 46.7 Å². The molecule has 1 aromatic carbocycles. The van der Waals surface area contributed by atoms with Crippen LogP contribution in [0.1, 0.15) is 36.4 Å². The van der Waals surface area contributed by atoms with Crippen LogP contribution in [0.15, 0.2) is 47.8 Å². The van der Waals surface area contributed by atoms with E-state index < -0.39 is 23.5 Å². The van der Waals surface area contributed by atoms with Crippen LogP contribution < -0.4 is 0 Å². The van der Waals surface area contributed by atoms with E-state index in [1.165, 1.54) is 18.2 Å². The van der Waals surface area contributed by atoms with Crippen LogP contribution in [-0.2, 0) is 24.7 Å². The van der Waals surface area contributed by atoms with E-state index in [2.05, 4.69) is 15.3 Å². The molecule has 10 nitrogen and oxygen atoms in total. The fourth-order valence-corrected chi connectivity index (χ4v) is 4.52. The first-order chi connectivity index (χ1) is 16.7. The summed E-state index contributed by atoms with van der Waals surface area (Å²) in [4.78, 5) is 42.6. The van der Waals surface area contributed by atoms with E-state index in [-0.39, 0.29) is 17.5 Å². The van der Waals surface area contributed by atoms with Crippen molar-refractivity contribution in [3.8, 4) is 0 Å². The van der Waals surface area contributed by atoms with Crippen LogP contribution in [0, 0.1) is 18.8 Å². The number of esters is 1. The molecule has 3 heterocycles. The van der Waals surface area contributed by atoms with Gasteiger partial charge in [-0.1, -0.05) is 12.1 Å². The van der Waals surface area contributed by atoms with Gasteiger partial charge < -0.3 is 9.47 Å². The minimum Gasteiger partial charge on any atom is -0.464 e. The lowest BCUT2D eigenvalue weighted by Crippen LogP contribution is -2.50. The second-order valence-electron chi connectivity index (χ2n) is 8.17. The predicted molar refractivity (Wildman–Crippen MR) is 132 cm³/mol. The standard InChI is InChI=1S/C24H23N5O5S/c1-5-33-22(31)21-24(4,18-13-25-19-12-14(2)26-29(19)15(18)3)34-23(35)28(21)20(30)11-8-16-6-9-17(27-32)10-7-16/h6-13,21H,5H2,1-4H3/b11-8+. The molecule has 0 aliphatic carbocycles. The summed E-state index contributed by atoms with van der Waals surface area (Å²) in [5.41, 5.74) is 2.23. The van der Waals surface area contributed by atoms with Crippen LogP contribution in [0.2, 0.25) is 0 Å². The number of carbonyl (C=O) groups is 2. The van der Waals surface area contributed by atoms with E-state index in [0.717, 1.165) is 10.6 Å². The Morgan fingerprint density at radius 3 is 2.66 bits per heavy atom. The molecule has 3 aromatic rings. The molecule has 2 atom stereocenters. The molecule has 0 bridgehead atoms. The molecule has 1 aliphatic heterocycles. The van der Waals surface area contributed by atoms with E-state index in [0.29, 0.717) is 22.5 Å². The number of ether oxygens (including phenoxy) is 2. The highest BCUT2D eigenvalue weighted by atomic mass is 32.1. The highest BCUT2D eigenvalue weighted by Gasteiger charge is 2.57. The number of aromatic nitrogens is 3. The molecular formula is C24H23N5O5S. The third-order valence-electron chi connectivity index (χ3n) is 5.82. The number of thiocarbonyl (C=S) groups is 1. The van der Waals surface area contributed by atoms with E-state index in [1.54, 1.807) is 42.8 Å².